The van der Waals surface area contributed by atoms with Crippen LogP contribution >= 0.6 is 11.3 Å². The van der Waals surface area contributed by atoms with Crippen molar-refractivity contribution < 1.29 is 18.0 Å². The van der Waals surface area contributed by atoms with Crippen LogP contribution in [0.2, 0.25) is 0 Å². The lowest BCUT2D eigenvalue weighted by atomic mass is 10.1. The standard InChI is InChI=1S/C25H22F3N5OS/c26-25(27,28)18-10-8-16(9-11-18)24-30-20(15-35-24)14-22(34)29-19-6-4-5-17(13-19)23-32-31-21-7-2-1-3-12-33(21)23/h4-6,8-11,13,15H,1-3,7,12,14H2,(H,29,34). The van der Waals surface area contributed by atoms with Crippen molar-refractivity contribution in [1.29, 1.82) is 0 Å². The minimum absolute atomic E-state index is 0.0572. The Labute approximate surface area is 203 Å². The predicted octanol–water partition coefficient (Wildman–Crippen LogP) is 6.00. The predicted molar refractivity (Wildman–Crippen MR) is 128 cm³/mol. The first-order valence-electron chi connectivity index (χ1n) is 11.3. The van der Waals surface area contributed by atoms with E-state index >= 15 is 0 Å². The van der Waals surface area contributed by atoms with Crippen LogP contribution in [0.1, 0.15) is 36.3 Å². The second-order valence-electron chi connectivity index (χ2n) is 8.43. The molecule has 3 heterocycles. The molecule has 1 amide bonds. The molecule has 1 aliphatic rings. The van der Waals surface area contributed by atoms with E-state index in [1.807, 2.05) is 24.3 Å². The van der Waals surface area contributed by atoms with Gasteiger partial charge in [0.1, 0.15) is 10.8 Å². The summed E-state index contributed by atoms with van der Waals surface area (Å²) in [6, 6.07) is 12.4. The zero-order chi connectivity index (χ0) is 24.4. The quantitative estimate of drug-likeness (QED) is 0.367. The smallest absolute Gasteiger partial charge is 0.326 e. The van der Waals surface area contributed by atoms with Crippen LogP contribution < -0.4 is 5.32 Å². The van der Waals surface area contributed by atoms with E-state index < -0.39 is 11.7 Å². The lowest BCUT2D eigenvalue weighted by Crippen LogP contribution is -2.14. The monoisotopic (exact) mass is 497 g/mol. The van der Waals surface area contributed by atoms with E-state index in [1.165, 1.54) is 29.9 Å². The second kappa shape index (κ2) is 9.61. The third kappa shape index (κ3) is 5.27. The van der Waals surface area contributed by atoms with Crippen molar-refractivity contribution in [3.05, 3.63) is 71.0 Å². The number of anilines is 1. The Morgan fingerprint density at radius 1 is 1.03 bits per heavy atom. The molecule has 2 aromatic heterocycles. The van der Waals surface area contributed by atoms with Crippen LogP contribution in [0.25, 0.3) is 22.0 Å². The normalized spacial score (nSPS) is 13.8. The number of thiazole rings is 1. The Bertz CT molecular complexity index is 1340. The van der Waals surface area contributed by atoms with Crippen LogP contribution in [0.15, 0.2) is 53.9 Å². The number of amides is 1. The average molecular weight is 498 g/mol. The van der Waals surface area contributed by atoms with Gasteiger partial charge in [0.25, 0.3) is 0 Å². The largest absolute Gasteiger partial charge is 0.416 e. The number of carbonyl (C=O) groups excluding carboxylic acids is 1. The molecule has 1 aliphatic heterocycles. The minimum Gasteiger partial charge on any atom is -0.326 e. The van der Waals surface area contributed by atoms with Crippen molar-refractivity contribution in [3.63, 3.8) is 0 Å². The van der Waals surface area contributed by atoms with E-state index in [-0.39, 0.29) is 12.3 Å². The summed E-state index contributed by atoms with van der Waals surface area (Å²) in [5.41, 5.74) is 1.97. The van der Waals surface area contributed by atoms with Crippen LogP contribution in [0.4, 0.5) is 18.9 Å². The van der Waals surface area contributed by atoms with E-state index in [0.717, 1.165) is 55.2 Å². The molecule has 10 heteroatoms. The number of rotatable bonds is 5. The molecule has 0 radical (unpaired) electrons. The lowest BCUT2D eigenvalue weighted by molar-refractivity contribution is -0.137. The summed E-state index contributed by atoms with van der Waals surface area (Å²) in [4.78, 5) is 17.1. The van der Waals surface area contributed by atoms with Gasteiger partial charge in [-0.05, 0) is 37.1 Å². The molecule has 6 nitrogen and oxygen atoms in total. The Morgan fingerprint density at radius 2 is 1.86 bits per heavy atom. The van der Waals surface area contributed by atoms with Crippen LogP contribution in [0, 0.1) is 0 Å². The SMILES string of the molecule is O=C(Cc1csc(-c2ccc(C(F)(F)F)cc2)n1)Nc1cccc(-c2nnc3n2CCCCC3)c1. The van der Waals surface area contributed by atoms with Gasteiger partial charge in [-0.2, -0.15) is 13.2 Å². The zero-order valence-electron chi connectivity index (χ0n) is 18.7. The third-order valence-corrected chi connectivity index (χ3v) is 6.81. The summed E-state index contributed by atoms with van der Waals surface area (Å²) < 4.78 is 40.5. The maximum atomic E-state index is 12.8. The van der Waals surface area contributed by atoms with Gasteiger partial charge in [-0.25, -0.2) is 4.98 Å². The van der Waals surface area contributed by atoms with Gasteiger partial charge in [-0.3, -0.25) is 4.79 Å². The highest BCUT2D eigenvalue weighted by Crippen LogP contribution is 2.32. The molecule has 0 aliphatic carbocycles. The molecular formula is C25H22F3N5OS. The molecule has 180 valence electrons. The van der Waals surface area contributed by atoms with Crippen LogP contribution in [0.3, 0.4) is 0 Å². The number of hydrogen-bond donors (Lipinski definition) is 1. The van der Waals surface area contributed by atoms with Crippen molar-refractivity contribution >= 4 is 22.9 Å². The summed E-state index contributed by atoms with van der Waals surface area (Å²) in [6.07, 6.45) is -0.0139. The number of aromatic nitrogens is 4. The van der Waals surface area contributed by atoms with E-state index in [4.69, 9.17) is 0 Å². The number of aryl methyl sites for hydroxylation is 1. The molecule has 0 bridgehead atoms. The van der Waals surface area contributed by atoms with Crippen LogP contribution in [-0.4, -0.2) is 25.7 Å². The van der Waals surface area contributed by atoms with Crippen molar-refractivity contribution in [2.24, 2.45) is 0 Å². The van der Waals surface area contributed by atoms with Crippen LogP contribution in [-0.2, 0) is 30.4 Å². The molecule has 0 spiro atoms. The van der Waals surface area contributed by atoms with Gasteiger partial charge in [0, 0.05) is 35.2 Å². The van der Waals surface area contributed by atoms with Gasteiger partial charge in [0.2, 0.25) is 5.91 Å². The summed E-state index contributed by atoms with van der Waals surface area (Å²) in [7, 11) is 0. The number of hydrogen-bond acceptors (Lipinski definition) is 5. The molecule has 0 saturated carbocycles. The first kappa shape index (κ1) is 23.2. The van der Waals surface area contributed by atoms with E-state index in [2.05, 4.69) is 25.1 Å². The summed E-state index contributed by atoms with van der Waals surface area (Å²) in [6.45, 7) is 0.888. The molecule has 5 rings (SSSR count). The van der Waals surface area contributed by atoms with Gasteiger partial charge in [0.15, 0.2) is 5.82 Å². The highest BCUT2D eigenvalue weighted by Gasteiger charge is 2.30. The summed E-state index contributed by atoms with van der Waals surface area (Å²) in [5.74, 6) is 1.57. The molecular weight excluding hydrogens is 475 g/mol. The topological polar surface area (TPSA) is 72.7 Å². The van der Waals surface area contributed by atoms with Crippen molar-refractivity contribution in [2.45, 2.75) is 44.8 Å². The number of halogens is 3. The van der Waals surface area contributed by atoms with Gasteiger partial charge >= 0.3 is 6.18 Å². The Balaban J connectivity index is 1.26. The second-order valence-corrected chi connectivity index (χ2v) is 9.29. The fraction of sp³-hybridized carbons (Fsp3) is 0.280. The van der Waals surface area contributed by atoms with Crippen molar-refractivity contribution in [2.75, 3.05) is 5.32 Å². The molecule has 0 atom stereocenters. The first-order valence-corrected chi connectivity index (χ1v) is 12.2. The van der Waals surface area contributed by atoms with Gasteiger partial charge in [0.05, 0.1) is 17.7 Å². The fourth-order valence-electron chi connectivity index (χ4n) is 4.13. The van der Waals surface area contributed by atoms with Crippen LogP contribution in [0.5, 0.6) is 0 Å². The van der Waals surface area contributed by atoms with E-state index in [9.17, 15) is 18.0 Å². The first-order chi connectivity index (χ1) is 16.9. The van der Waals surface area contributed by atoms with Crippen molar-refractivity contribution in [3.8, 4) is 22.0 Å². The molecule has 1 N–H and O–H groups in total. The average Bonchev–Trinajstić information content (AvgIpc) is 3.39. The number of nitrogens with zero attached hydrogens (tertiary/aromatic N) is 4. The fourth-order valence-corrected chi connectivity index (χ4v) is 4.95. The van der Waals surface area contributed by atoms with Gasteiger partial charge < -0.3 is 9.88 Å². The summed E-state index contributed by atoms with van der Waals surface area (Å²) in [5, 5.41) is 13.9. The maximum Gasteiger partial charge on any atom is 0.416 e. The highest BCUT2D eigenvalue weighted by molar-refractivity contribution is 7.13. The lowest BCUT2D eigenvalue weighted by Gasteiger charge is -2.09. The summed E-state index contributed by atoms with van der Waals surface area (Å²) >= 11 is 1.29. The Morgan fingerprint density at radius 3 is 2.66 bits per heavy atom. The molecule has 0 fully saturated rings. The molecule has 35 heavy (non-hydrogen) atoms. The molecule has 0 unspecified atom stereocenters. The zero-order valence-corrected chi connectivity index (χ0v) is 19.5. The highest BCUT2D eigenvalue weighted by atomic mass is 32.1. The number of benzene rings is 2. The third-order valence-electron chi connectivity index (χ3n) is 5.87. The van der Waals surface area contributed by atoms with E-state index in [1.54, 1.807) is 5.38 Å². The number of fused-ring (bicyclic) bond motifs is 1. The minimum atomic E-state index is -4.38. The maximum absolute atomic E-state index is 12.8. The Kier molecular flexibility index (Phi) is 6.38. The van der Waals surface area contributed by atoms with Crippen molar-refractivity contribution in [1.82, 2.24) is 19.7 Å². The molecule has 0 saturated heterocycles. The van der Waals surface area contributed by atoms with Gasteiger partial charge in [-0.15, -0.1) is 21.5 Å². The number of nitrogens with one attached hydrogen (secondary N) is 1. The Hall–Kier alpha value is -3.53. The number of alkyl halides is 3. The molecule has 4 aromatic rings. The molecule has 2 aromatic carbocycles. The van der Waals surface area contributed by atoms with Gasteiger partial charge in [-0.1, -0.05) is 30.7 Å². The number of carbonyl (C=O) groups is 1. The van der Waals surface area contributed by atoms with E-state index in [0.29, 0.717) is 22.0 Å².